The molecule has 6 nitrogen and oxygen atoms in total. The fourth-order valence-corrected chi connectivity index (χ4v) is 4.29. The van der Waals surface area contributed by atoms with Gasteiger partial charge in [-0.25, -0.2) is 9.37 Å². The first-order valence-corrected chi connectivity index (χ1v) is 10.2. The van der Waals surface area contributed by atoms with Crippen LogP contribution in [0.2, 0.25) is 0 Å². The van der Waals surface area contributed by atoms with Crippen LogP contribution in [0.15, 0.2) is 58.5 Å². The lowest BCUT2D eigenvalue weighted by atomic mass is 10.2. The summed E-state index contributed by atoms with van der Waals surface area (Å²) >= 11 is 1.16. The van der Waals surface area contributed by atoms with Crippen molar-refractivity contribution in [1.82, 2.24) is 14.5 Å². The van der Waals surface area contributed by atoms with E-state index in [0.29, 0.717) is 37.2 Å². The van der Waals surface area contributed by atoms with E-state index in [1.807, 2.05) is 0 Å². The highest BCUT2D eigenvalue weighted by Gasteiger charge is 2.26. The van der Waals surface area contributed by atoms with E-state index in [9.17, 15) is 14.0 Å². The molecule has 1 amide bonds. The fourth-order valence-electron chi connectivity index (χ4n) is 3.29. The Hall–Kier alpha value is -2.71. The van der Waals surface area contributed by atoms with Gasteiger partial charge in [-0.2, -0.15) is 0 Å². The summed E-state index contributed by atoms with van der Waals surface area (Å²) in [5.74, 6) is -0.582. The summed E-state index contributed by atoms with van der Waals surface area (Å²) < 4.78 is 21.1. The van der Waals surface area contributed by atoms with Gasteiger partial charge >= 0.3 is 0 Å². The Labute approximate surface area is 171 Å². The Kier molecular flexibility index (Phi) is 5.64. The maximum absolute atomic E-state index is 14.5. The number of ether oxygens (including phenoxy) is 1. The van der Waals surface area contributed by atoms with Crippen molar-refractivity contribution in [2.45, 2.75) is 17.3 Å². The number of para-hydroxylation sites is 2. The van der Waals surface area contributed by atoms with Gasteiger partial charge < -0.3 is 9.64 Å². The number of carbonyl (C=O) groups excluding carboxylic acids is 1. The highest BCUT2D eigenvalue weighted by molar-refractivity contribution is 8.00. The highest BCUT2D eigenvalue weighted by atomic mass is 32.2. The average Bonchev–Trinajstić information content (AvgIpc) is 2.75. The number of amides is 1. The van der Waals surface area contributed by atoms with Crippen LogP contribution >= 0.6 is 11.8 Å². The highest BCUT2D eigenvalue weighted by Crippen LogP contribution is 2.27. The molecule has 1 aliphatic heterocycles. The summed E-state index contributed by atoms with van der Waals surface area (Å²) in [6.45, 7) is 3.87. The Morgan fingerprint density at radius 1 is 1.14 bits per heavy atom. The van der Waals surface area contributed by atoms with E-state index in [1.165, 1.54) is 16.7 Å². The maximum atomic E-state index is 14.5. The third-order valence-corrected chi connectivity index (χ3v) is 5.83. The molecule has 0 aliphatic carbocycles. The van der Waals surface area contributed by atoms with Crippen molar-refractivity contribution < 1.29 is 13.9 Å². The molecule has 1 aliphatic rings. The third kappa shape index (κ3) is 3.90. The van der Waals surface area contributed by atoms with Gasteiger partial charge in [0.2, 0.25) is 5.91 Å². The smallest absolute Gasteiger partial charge is 0.266 e. The average molecular weight is 413 g/mol. The summed E-state index contributed by atoms with van der Waals surface area (Å²) in [7, 11) is 0. The van der Waals surface area contributed by atoms with Gasteiger partial charge in [0, 0.05) is 13.1 Å². The van der Waals surface area contributed by atoms with E-state index in [4.69, 9.17) is 4.74 Å². The molecule has 1 unspecified atom stereocenters. The summed E-state index contributed by atoms with van der Waals surface area (Å²) in [6.07, 6.45) is 0. The number of benzene rings is 2. The zero-order chi connectivity index (χ0) is 20.4. The van der Waals surface area contributed by atoms with Gasteiger partial charge in [0.1, 0.15) is 5.82 Å². The summed E-state index contributed by atoms with van der Waals surface area (Å²) in [5, 5.41) is 0.194. The maximum Gasteiger partial charge on any atom is 0.266 e. The van der Waals surface area contributed by atoms with E-state index in [1.54, 1.807) is 48.2 Å². The molecular weight excluding hydrogens is 393 g/mol. The van der Waals surface area contributed by atoms with Crippen LogP contribution in [-0.2, 0) is 9.53 Å². The quantitative estimate of drug-likeness (QED) is 0.486. The minimum absolute atomic E-state index is 0.0548. The van der Waals surface area contributed by atoms with Gasteiger partial charge in [0.25, 0.3) is 5.56 Å². The van der Waals surface area contributed by atoms with E-state index in [0.717, 1.165) is 11.8 Å². The summed E-state index contributed by atoms with van der Waals surface area (Å²) in [4.78, 5) is 32.3. The molecule has 2 heterocycles. The van der Waals surface area contributed by atoms with Crippen LogP contribution in [-0.4, -0.2) is 51.9 Å². The predicted molar refractivity (Wildman–Crippen MR) is 110 cm³/mol. The molecule has 8 heteroatoms. The van der Waals surface area contributed by atoms with Crippen molar-refractivity contribution in [1.29, 1.82) is 0 Å². The molecule has 3 aromatic rings. The van der Waals surface area contributed by atoms with E-state index in [-0.39, 0.29) is 22.3 Å². The fraction of sp³-hybridized carbons (Fsp3) is 0.286. The first kappa shape index (κ1) is 19.6. The van der Waals surface area contributed by atoms with Crippen molar-refractivity contribution in [3.05, 3.63) is 64.7 Å². The molecule has 29 heavy (non-hydrogen) atoms. The Bertz CT molecular complexity index is 1110. The van der Waals surface area contributed by atoms with Gasteiger partial charge in [-0.15, -0.1) is 0 Å². The van der Waals surface area contributed by atoms with Crippen LogP contribution < -0.4 is 5.56 Å². The van der Waals surface area contributed by atoms with Gasteiger partial charge in [-0.05, 0) is 31.2 Å². The zero-order valence-electron chi connectivity index (χ0n) is 15.9. The minimum atomic E-state index is -0.527. The SMILES string of the molecule is CC(Sc1nc2ccccc2c(=O)n1-c1ccccc1F)C(=O)N1CCOCC1. The van der Waals surface area contributed by atoms with E-state index >= 15 is 0 Å². The first-order valence-electron chi connectivity index (χ1n) is 9.36. The minimum Gasteiger partial charge on any atom is -0.378 e. The molecule has 1 atom stereocenters. The largest absolute Gasteiger partial charge is 0.378 e. The first-order chi connectivity index (χ1) is 14.1. The second-order valence-electron chi connectivity index (χ2n) is 6.70. The molecule has 1 aromatic heterocycles. The number of hydrogen-bond donors (Lipinski definition) is 0. The Morgan fingerprint density at radius 2 is 1.83 bits per heavy atom. The number of thioether (sulfide) groups is 1. The third-order valence-electron chi connectivity index (χ3n) is 4.79. The number of hydrogen-bond acceptors (Lipinski definition) is 5. The second-order valence-corrected chi connectivity index (χ2v) is 8.01. The number of carbonyl (C=O) groups is 1. The normalized spacial score (nSPS) is 15.4. The molecule has 150 valence electrons. The van der Waals surface area contributed by atoms with Gasteiger partial charge in [-0.1, -0.05) is 36.0 Å². The van der Waals surface area contributed by atoms with Crippen LogP contribution in [0, 0.1) is 5.82 Å². The number of fused-ring (bicyclic) bond motifs is 1. The topological polar surface area (TPSA) is 64.4 Å². The van der Waals surface area contributed by atoms with Crippen LogP contribution in [0.3, 0.4) is 0 Å². The standard InChI is InChI=1S/C21H20FN3O3S/c1-14(19(26)24-10-12-28-13-11-24)29-21-23-17-8-4-2-6-15(17)20(27)25(21)18-9-5-3-7-16(18)22/h2-9,14H,10-13H2,1H3. The van der Waals surface area contributed by atoms with Crippen molar-refractivity contribution in [2.75, 3.05) is 26.3 Å². The second kappa shape index (κ2) is 8.34. The van der Waals surface area contributed by atoms with Crippen molar-refractivity contribution in [2.24, 2.45) is 0 Å². The Balaban J connectivity index is 1.78. The molecule has 1 fully saturated rings. The molecule has 1 saturated heterocycles. The van der Waals surface area contributed by atoms with E-state index in [2.05, 4.69) is 4.98 Å². The molecule has 0 radical (unpaired) electrons. The lowest BCUT2D eigenvalue weighted by molar-refractivity contribution is -0.134. The zero-order valence-corrected chi connectivity index (χ0v) is 16.7. The molecule has 0 bridgehead atoms. The number of rotatable bonds is 4. The van der Waals surface area contributed by atoms with Crippen molar-refractivity contribution in [3.8, 4) is 5.69 Å². The van der Waals surface area contributed by atoms with Crippen LogP contribution in [0.1, 0.15) is 6.92 Å². The van der Waals surface area contributed by atoms with Gasteiger partial charge in [0.15, 0.2) is 5.16 Å². The molecule has 0 saturated carbocycles. The van der Waals surface area contributed by atoms with Crippen LogP contribution in [0.25, 0.3) is 16.6 Å². The van der Waals surface area contributed by atoms with Crippen LogP contribution in [0.5, 0.6) is 0 Å². The lowest BCUT2D eigenvalue weighted by Gasteiger charge is -2.29. The number of halogens is 1. The molecule has 0 N–H and O–H groups in total. The molecular formula is C21H20FN3O3S. The van der Waals surface area contributed by atoms with E-state index < -0.39 is 11.1 Å². The summed E-state index contributed by atoms with van der Waals surface area (Å²) in [6, 6.07) is 13.0. The molecule has 0 spiro atoms. The number of nitrogens with zero attached hydrogens (tertiary/aromatic N) is 3. The monoisotopic (exact) mass is 413 g/mol. The van der Waals surface area contributed by atoms with Crippen LogP contribution in [0.4, 0.5) is 4.39 Å². The lowest BCUT2D eigenvalue weighted by Crippen LogP contribution is -2.44. The predicted octanol–water partition coefficient (Wildman–Crippen LogP) is 2.86. The van der Waals surface area contributed by atoms with Gasteiger partial charge in [-0.3, -0.25) is 14.2 Å². The van der Waals surface area contributed by atoms with Gasteiger partial charge in [0.05, 0.1) is 35.1 Å². The summed E-state index contributed by atoms with van der Waals surface area (Å²) in [5.41, 5.74) is 0.261. The van der Waals surface area contributed by atoms with Crippen molar-refractivity contribution in [3.63, 3.8) is 0 Å². The number of morpholine rings is 1. The van der Waals surface area contributed by atoms with Crippen molar-refractivity contribution >= 4 is 28.6 Å². The number of aromatic nitrogens is 2. The molecule has 4 rings (SSSR count). The molecule has 2 aromatic carbocycles. The Morgan fingerprint density at radius 3 is 2.59 bits per heavy atom.